The third-order valence-corrected chi connectivity index (χ3v) is 8.38. The van der Waals surface area contributed by atoms with Gasteiger partial charge < -0.3 is 15.7 Å². The first-order valence-electron chi connectivity index (χ1n) is 14.2. The topological polar surface area (TPSA) is 61.4 Å². The van der Waals surface area contributed by atoms with E-state index in [1.165, 1.54) is 12.8 Å². The molecule has 1 aromatic rings. The fourth-order valence-electron chi connectivity index (χ4n) is 5.40. The van der Waals surface area contributed by atoms with Crippen LogP contribution in [0.1, 0.15) is 138 Å². The van der Waals surface area contributed by atoms with Gasteiger partial charge in [-0.2, -0.15) is 0 Å². The highest BCUT2D eigenvalue weighted by molar-refractivity contribution is 5.88. The van der Waals surface area contributed by atoms with E-state index >= 15 is 0 Å². The predicted molar refractivity (Wildman–Crippen MR) is 154 cm³/mol. The Kier molecular flexibility index (Phi) is 9.09. The molecule has 0 aromatic heterocycles. The highest BCUT2D eigenvalue weighted by atomic mass is 16.3. The molecule has 0 bridgehead atoms. The van der Waals surface area contributed by atoms with Gasteiger partial charge in [-0.1, -0.05) is 100 Å². The summed E-state index contributed by atoms with van der Waals surface area (Å²) in [6.07, 6.45) is 6.18. The second-order valence-corrected chi connectivity index (χ2v) is 15.0. The number of unbranched alkanes of at least 4 members (excludes halogenated alkanes) is 3. The number of hydrogen-bond acceptors (Lipinski definition) is 3. The molecule has 0 radical (unpaired) electrons. The van der Waals surface area contributed by atoms with Crippen molar-refractivity contribution in [2.24, 2.45) is 5.41 Å². The van der Waals surface area contributed by atoms with Gasteiger partial charge in [0.2, 0.25) is 5.91 Å². The van der Waals surface area contributed by atoms with Gasteiger partial charge in [-0.05, 0) is 66.5 Å². The SMILES string of the molecule is CCCCCCC(C)(C(=O)NC1CC(C)(C)NCC1(C)C)c1cc(C(C)(C)C)c(O)c(C(C)(C)C)c1. The molecule has 4 heteroatoms. The molecule has 3 N–H and O–H groups in total. The van der Waals surface area contributed by atoms with E-state index in [4.69, 9.17) is 0 Å². The standard InChI is InChI=1S/C32H56N2O2/c1-13-14-15-16-17-32(12,27(36)34-25-20-31(10,11)33-21-30(25,8)9)22-18-23(28(2,3)4)26(35)24(19-22)29(5,6)7/h18-19,25,33,35H,13-17,20-21H2,1-12H3,(H,34,36). The average molecular weight is 501 g/mol. The summed E-state index contributed by atoms with van der Waals surface area (Å²) >= 11 is 0. The van der Waals surface area contributed by atoms with Crippen LogP contribution in [-0.2, 0) is 21.0 Å². The molecule has 1 aromatic carbocycles. The molecule has 4 nitrogen and oxygen atoms in total. The molecule has 1 heterocycles. The number of aromatic hydroxyl groups is 1. The Morgan fingerprint density at radius 3 is 1.97 bits per heavy atom. The largest absolute Gasteiger partial charge is 0.507 e. The summed E-state index contributed by atoms with van der Waals surface area (Å²) in [5.41, 5.74) is 1.67. The molecular formula is C32H56N2O2. The van der Waals surface area contributed by atoms with Crippen LogP contribution >= 0.6 is 0 Å². The summed E-state index contributed by atoms with van der Waals surface area (Å²) in [7, 11) is 0. The Balaban J connectivity index is 2.61. The number of hydrogen-bond donors (Lipinski definition) is 3. The van der Waals surface area contributed by atoms with Crippen molar-refractivity contribution in [1.82, 2.24) is 10.6 Å². The van der Waals surface area contributed by atoms with Crippen LogP contribution in [0, 0.1) is 5.41 Å². The second-order valence-electron chi connectivity index (χ2n) is 15.0. The van der Waals surface area contributed by atoms with E-state index in [1.807, 2.05) is 0 Å². The van der Waals surface area contributed by atoms with Crippen LogP contribution in [0.5, 0.6) is 5.75 Å². The van der Waals surface area contributed by atoms with Gasteiger partial charge in [0.15, 0.2) is 0 Å². The van der Waals surface area contributed by atoms with Crippen LogP contribution in [-0.4, -0.2) is 29.1 Å². The smallest absolute Gasteiger partial charge is 0.230 e. The van der Waals surface area contributed by atoms with Gasteiger partial charge in [0.25, 0.3) is 0 Å². The first-order chi connectivity index (χ1) is 16.2. The number of phenols is 1. The van der Waals surface area contributed by atoms with E-state index in [9.17, 15) is 9.90 Å². The molecule has 0 saturated carbocycles. The van der Waals surface area contributed by atoms with Crippen molar-refractivity contribution in [3.63, 3.8) is 0 Å². The molecule has 1 aliphatic heterocycles. The fraction of sp³-hybridized carbons (Fsp3) is 0.781. The maximum Gasteiger partial charge on any atom is 0.230 e. The van der Waals surface area contributed by atoms with Gasteiger partial charge in [0.1, 0.15) is 5.75 Å². The van der Waals surface area contributed by atoms with E-state index in [2.05, 4.69) is 106 Å². The highest BCUT2D eigenvalue weighted by Gasteiger charge is 2.44. The fourth-order valence-corrected chi connectivity index (χ4v) is 5.40. The lowest BCUT2D eigenvalue weighted by Crippen LogP contribution is -2.63. The lowest BCUT2D eigenvalue weighted by Gasteiger charge is -2.48. The molecule has 0 spiro atoms. The Bertz CT molecular complexity index is 882. The number of nitrogens with one attached hydrogen (secondary N) is 2. The lowest BCUT2D eigenvalue weighted by molar-refractivity contribution is -0.128. The molecule has 2 atom stereocenters. The van der Waals surface area contributed by atoms with Crippen LogP contribution in [0.3, 0.4) is 0 Å². The number of piperidine rings is 1. The normalized spacial score (nSPS) is 21.6. The second kappa shape index (κ2) is 10.7. The van der Waals surface area contributed by atoms with Crippen LogP contribution < -0.4 is 10.6 Å². The molecular weight excluding hydrogens is 444 g/mol. The van der Waals surface area contributed by atoms with Gasteiger partial charge in [-0.25, -0.2) is 0 Å². The van der Waals surface area contributed by atoms with Crippen molar-refractivity contribution in [1.29, 1.82) is 0 Å². The lowest BCUT2D eigenvalue weighted by atomic mass is 9.70. The molecule has 2 unspecified atom stereocenters. The average Bonchev–Trinajstić information content (AvgIpc) is 2.72. The third kappa shape index (κ3) is 7.05. The first-order valence-corrected chi connectivity index (χ1v) is 14.2. The molecule has 1 aliphatic rings. The Morgan fingerprint density at radius 2 is 1.50 bits per heavy atom. The minimum absolute atomic E-state index is 0.0116. The van der Waals surface area contributed by atoms with E-state index in [0.29, 0.717) is 5.75 Å². The quantitative estimate of drug-likeness (QED) is 0.324. The van der Waals surface area contributed by atoms with Crippen LogP contribution in [0.15, 0.2) is 12.1 Å². The number of benzene rings is 1. The Hall–Kier alpha value is -1.55. The van der Waals surface area contributed by atoms with Crippen molar-refractivity contribution in [2.75, 3.05) is 6.54 Å². The summed E-state index contributed by atoms with van der Waals surface area (Å²) < 4.78 is 0. The van der Waals surface area contributed by atoms with Gasteiger partial charge >= 0.3 is 0 Å². The summed E-state index contributed by atoms with van der Waals surface area (Å²) in [4.78, 5) is 14.3. The molecule has 36 heavy (non-hydrogen) atoms. The van der Waals surface area contributed by atoms with Crippen molar-refractivity contribution in [3.8, 4) is 5.75 Å². The van der Waals surface area contributed by atoms with Crippen molar-refractivity contribution in [2.45, 2.75) is 149 Å². The Labute approximate surface area is 222 Å². The molecule has 2 rings (SSSR count). The van der Waals surface area contributed by atoms with Crippen LogP contribution in [0.25, 0.3) is 0 Å². The van der Waals surface area contributed by atoms with Crippen LogP contribution in [0.2, 0.25) is 0 Å². The molecule has 1 fully saturated rings. The molecule has 206 valence electrons. The Morgan fingerprint density at radius 1 is 0.972 bits per heavy atom. The maximum absolute atomic E-state index is 14.3. The zero-order valence-electron chi connectivity index (χ0n) is 25.5. The number of carbonyl (C=O) groups excluding carboxylic acids is 1. The van der Waals surface area contributed by atoms with E-state index in [0.717, 1.165) is 48.9 Å². The minimum atomic E-state index is -0.674. The van der Waals surface area contributed by atoms with Gasteiger partial charge in [0.05, 0.1) is 5.41 Å². The summed E-state index contributed by atoms with van der Waals surface area (Å²) in [6.45, 7) is 27.0. The number of amides is 1. The van der Waals surface area contributed by atoms with Gasteiger partial charge in [0, 0.05) is 18.1 Å². The van der Waals surface area contributed by atoms with Crippen molar-refractivity contribution >= 4 is 5.91 Å². The molecule has 0 aliphatic carbocycles. The van der Waals surface area contributed by atoms with Crippen molar-refractivity contribution in [3.05, 3.63) is 28.8 Å². The monoisotopic (exact) mass is 500 g/mol. The zero-order chi connectivity index (χ0) is 27.7. The minimum Gasteiger partial charge on any atom is -0.507 e. The van der Waals surface area contributed by atoms with E-state index < -0.39 is 5.41 Å². The van der Waals surface area contributed by atoms with Crippen LogP contribution in [0.4, 0.5) is 0 Å². The molecule has 1 saturated heterocycles. The van der Waals surface area contributed by atoms with E-state index in [-0.39, 0.29) is 33.7 Å². The molecule has 1 amide bonds. The first kappa shape index (κ1) is 30.7. The maximum atomic E-state index is 14.3. The third-order valence-electron chi connectivity index (χ3n) is 8.38. The summed E-state index contributed by atoms with van der Waals surface area (Å²) in [6, 6.07) is 4.32. The van der Waals surface area contributed by atoms with E-state index in [1.54, 1.807) is 0 Å². The number of phenolic OH excluding ortho intramolecular Hbond substituents is 1. The number of rotatable bonds is 8. The van der Waals surface area contributed by atoms with Crippen molar-refractivity contribution < 1.29 is 9.90 Å². The highest BCUT2D eigenvalue weighted by Crippen LogP contribution is 2.44. The number of carbonyl (C=O) groups is 1. The predicted octanol–water partition coefficient (Wildman–Crippen LogP) is 7.50. The zero-order valence-corrected chi connectivity index (χ0v) is 25.5. The van der Waals surface area contributed by atoms with Gasteiger partial charge in [-0.3, -0.25) is 4.79 Å². The summed E-state index contributed by atoms with van der Waals surface area (Å²) in [5, 5.41) is 18.5. The summed E-state index contributed by atoms with van der Waals surface area (Å²) in [5.74, 6) is 0.480. The van der Waals surface area contributed by atoms with Gasteiger partial charge in [-0.15, -0.1) is 0 Å².